The van der Waals surface area contributed by atoms with Gasteiger partial charge in [-0.2, -0.15) is 5.48 Å². The monoisotopic (exact) mass is 218 g/mol. The number of nitrogens with zero attached hydrogens (tertiary/aromatic N) is 3. The molecule has 0 aliphatic rings. The minimum Gasteiger partial charge on any atom is -0.320 e. The molecule has 0 aliphatic heterocycles. The Morgan fingerprint density at radius 3 is 2.81 bits per heavy atom. The Hall–Kier alpha value is -1.72. The van der Waals surface area contributed by atoms with Crippen molar-refractivity contribution in [1.82, 2.24) is 20.2 Å². The summed E-state index contributed by atoms with van der Waals surface area (Å²) in [4.78, 5) is 5.32. The normalized spacial score (nSPS) is 10.6. The second kappa shape index (κ2) is 5.39. The Balaban J connectivity index is 1.72. The van der Waals surface area contributed by atoms with Crippen LogP contribution in [0.15, 0.2) is 36.7 Å². The van der Waals surface area contributed by atoms with E-state index in [0.717, 1.165) is 11.4 Å². The molecule has 1 N–H and O–H groups in total. The van der Waals surface area contributed by atoms with E-state index in [0.29, 0.717) is 13.2 Å². The van der Waals surface area contributed by atoms with Crippen LogP contribution in [0, 0.1) is 0 Å². The summed E-state index contributed by atoms with van der Waals surface area (Å²) in [7, 11) is 1.90. The molecule has 1 aromatic heterocycles. The van der Waals surface area contributed by atoms with Gasteiger partial charge in [0.15, 0.2) is 0 Å². The van der Waals surface area contributed by atoms with Crippen LogP contribution in [0.25, 0.3) is 0 Å². The lowest BCUT2D eigenvalue weighted by atomic mass is 10.2. The van der Waals surface area contributed by atoms with Crippen LogP contribution < -0.4 is 5.48 Å². The first kappa shape index (κ1) is 10.8. The zero-order chi connectivity index (χ0) is 11.2. The molecule has 0 atom stereocenters. The molecule has 0 saturated heterocycles. The number of aryl methyl sites for hydroxylation is 1. The Morgan fingerprint density at radius 2 is 2.12 bits per heavy atom. The lowest BCUT2D eigenvalue weighted by Gasteiger charge is -2.05. The van der Waals surface area contributed by atoms with E-state index < -0.39 is 0 Å². The van der Waals surface area contributed by atoms with Crippen LogP contribution in [-0.4, -0.2) is 14.8 Å². The molecule has 0 aliphatic carbocycles. The fourth-order valence-corrected chi connectivity index (χ4v) is 1.29. The van der Waals surface area contributed by atoms with Crippen molar-refractivity contribution in [1.29, 1.82) is 0 Å². The molecule has 84 valence electrons. The number of nitrogens with one attached hydrogen (secondary N) is 1. The van der Waals surface area contributed by atoms with Gasteiger partial charge in [-0.1, -0.05) is 30.3 Å². The summed E-state index contributed by atoms with van der Waals surface area (Å²) in [6.07, 6.45) is 1.66. The van der Waals surface area contributed by atoms with Crippen LogP contribution in [0.5, 0.6) is 0 Å². The van der Waals surface area contributed by atoms with Gasteiger partial charge in [-0.15, -0.1) is 10.2 Å². The fourth-order valence-electron chi connectivity index (χ4n) is 1.29. The maximum atomic E-state index is 5.32. The quantitative estimate of drug-likeness (QED) is 0.601. The van der Waals surface area contributed by atoms with Gasteiger partial charge in [-0.3, -0.25) is 4.84 Å². The molecule has 1 heterocycles. The zero-order valence-electron chi connectivity index (χ0n) is 9.13. The average Bonchev–Trinajstić information content (AvgIpc) is 2.72. The molecule has 2 aromatic rings. The van der Waals surface area contributed by atoms with Crippen molar-refractivity contribution in [2.45, 2.75) is 13.2 Å². The Kier molecular flexibility index (Phi) is 3.63. The highest BCUT2D eigenvalue weighted by atomic mass is 16.6. The minimum absolute atomic E-state index is 0.540. The maximum Gasteiger partial charge on any atom is 0.148 e. The third-order valence-electron chi connectivity index (χ3n) is 2.22. The number of benzene rings is 1. The van der Waals surface area contributed by atoms with Crippen LogP contribution in [0.2, 0.25) is 0 Å². The van der Waals surface area contributed by atoms with Crippen molar-refractivity contribution >= 4 is 0 Å². The third-order valence-corrected chi connectivity index (χ3v) is 2.22. The second-order valence-electron chi connectivity index (χ2n) is 3.45. The Bertz CT molecular complexity index is 427. The molecule has 0 spiro atoms. The molecule has 0 unspecified atom stereocenters. The molecule has 0 radical (unpaired) electrons. The first-order valence-electron chi connectivity index (χ1n) is 5.07. The smallest absolute Gasteiger partial charge is 0.148 e. The summed E-state index contributed by atoms with van der Waals surface area (Å²) in [5.74, 6) is 0.841. The van der Waals surface area contributed by atoms with E-state index in [2.05, 4.69) is 15.7 Å². The lowest BCUT2D eigenvalue weighted by Crippen LogP contribution is -2.16. The number of rotatable bonds is 5. The number of aromatic nitrogens is 3. The van der Waals surface area contributed by atoms with Gasteiger partial charge in [0.25, 0.3) is 0 Å². The summed E-state index contributed by atoms with van der Waals surface area (Å²) < 4.78 is 1.85. The largest absolute Gasteiger partial charge is 0.320 e. The van der Waals surface area contributed by atoms with Gasteiger partial charge in [0.2, 0.25) is 0 Å². The molecule has 16 heavy (non-hydrogen) atoms. The summed E-state index contributed by atoms with van der Waals surface area (Å²) in [5, 5.41) is 7.71. The van der Waals surface area contributed by atoms with Crippen LogP contribution in [-0.2, 0) is 25.0 Å². The first-order valence-corrected chi connectivity index (χ1v) is 5.07. The van der Waals surface area contributed by atoms with Gasteiger partial charge in [0.05, 0.1) is 13.2 Å². The molecule has 0 fully saturated rings. The molecule has 5 nitrogen and oxygen atoms in total. The topological polar surface area (TPSA) is 52.0 Å². The van der Waals surface area contributed by atoms with Gasteiger partial charge < -0.3 is 4.57 Å². The summed E-state index contributed by atoms with van der Waals surface area (Å²) in [5.41, 5.74) is 3.99. The SMILES string of the molecule is Cn1cnnc1CNOCc1ccccc1. The van der Waals surface area contributed by atoms with Gasteiger partial charge in [-0.25, -0.2) is 0 Å². The van der Waals surface area contributed by atoms with Gasteiger partial charge in [0, 0.05) is 7.05 Å². The first-order chi connectivity index (χ1) is 7.86. The van der Waals surface area contributed by atoms with Crippen molar-refractivity contribution < 1.29 is 4.84 Å². The van der Waals surface area contributed by atoms with Crippen molar-refractivity contribution in [2.75, 3.05) is 0 Å². The van der Waals surface area contributed by atoms with Crippen LogP contribution in [0.4, 0.5) is 0 Å². The maximum absolute atomic E-state index is 5.32. The predicted octanol–water partition coefficient (Wildman–Crippen LogP) is 1.04. The van der Waals surface area contributed by atoms with E-state index >= 15 is 0 Å². The second-order valence-corrected chi connectivity index (χ2v) is 3.45. The van der Waals surface area contributed by atoms with Crippen LogP contribution in [0.3, 0.4) is 0 Å². The fraction of sp³-hybridized carbons (Fsp3) is 0.273. The number of hydroxylamine groups is 1. The van der Waals surface area contributed by atoms with E-state index in [4.69, 9.17) is 4.84 Å². The van der Waals surface area contributed by atoms with E-state index in [9.17, 15) is 0 Å². The molecule has 0 bridgehead atoms. The Labute approximate surface area is 94.0 Å². The number of hydrogen-bond acceptors (Lipinski definition) is 4. The molecule has 0 amide bonds. The van der Waals surface area contributed by atoms with Gasteiger partial charge >= 0.3 is 0 Å². The van der Waals surface area contributed by atoms with E-state index in [-0.39, 0.29) is 0 Å². The summed E-state index contributed by atoms with van der Waals surface area (Å²) in [6.45, 7) is 1.09. The minimum atomic E-state index is 0.540. The lowest BCUT2D eigenvalue weighted by molar-refractivity contribution is 0.0217. The molecule has 2 rings (SSSR count). The predicted molar refractivity (Wildman–Crippen MR) is 59.1 cm³/mol. The summed E-state index contributed by atoms with van der Waals surface area (Å²) >= 11 is 0. The third kappa shape index (κ3) is 2.88. The summed E-state index contributed by atoms with van der Waals surface area (Å²) in [6, 6.07) is 9.99. The van der Waals surface area contributed by atoms with Gasteiger partial charge in [0.1, 0.15) is 12.2 Å². The zero-order valence-corrected chi connectivity index (χ0v) is 9.13. The molecule has 1 aromatic carbocycles. The number of hydrogen-bond donors (Lipinski definition) is 1. The highest BCUT2D eigenvalue weighted by Gasteiger charge is 1.99. The standard InChI is InChI=1S/C11H14N4O/c1-15-9-12-14-11(15)7-13-16-8-10-5-3-2-4-6-10/h2-6,9,13H,7-8H2,1H3. The molecular formula is C11H14N4O. The van der Waals surface area contributed by atoms with E-state index in [1.54, 1.807) is 6.33 Å². The van der Waals surface area contributed by atoms with Crippen LogP contribution >= 0.6 is 0 Å². The molecule has 5 heteroatoms. The highest BCUT2D eigenvalue weighted by molar-refractivity contribution is 5.13. The Morgan fingerprint density at radius 1 is 1.31 bits per heavy atom. The van der Waals surface area contributed by atoms with Crippen LogP contribution in [0.1, 0.15) is 11.4 Å². The molecule has 0 saturated carbocycles. The van der Waals surface area contributed by atoms with Crippen molar-refractivity contribution in [3.05, 3.63) is 48.0 Å². The van der Waals surface area contributed by atoms with E-state index in [1.807, 2.05) is 41.9 Å². The van der Waals surface area contributed by atoms with Crippen molar-refractivity contribution in [3.63, 3.8) is 0 Å². The highest BCUT2D eigenvalue weighted by Crippen LogP contribution is 1.99. The van der Waals surface area contributed by atoms with E-state index in [1.165, 1.54) is 0 Å². The molecular weight excluding hydrogens is 204 g/mol. The average molecular weight is 218 g/mol. The van der Waals surface area contributed by atoms with Crippen molar-refractivity contribution in [2.24, 2.45) is 7.05 Å². The van der Waals surface area contributed by atoms with Crippen molar-refractivity contribution in [3.8, 4) is 0 Å². The van der Waals surface area contributed by atoms with Gasteiger partial charge in [-0.05, 0) is 5.56 Å².